The van der Waals surface area contributed by atoms with Gasteiger partial charge in [-0.1, -0.05) is 10.2 Å². The second-order valence-electron chi connectivity index (χ2n) is 4.50. The molecule has 0 atom stereocenters. The Kier molecular flexibility index (Phi) is 4.68. The lowest BCUT2D eigenvalue weighted by molar-refractivity contribution is 0.0589. The quantitative estimate of drug-likeness (QED) is 0.726. The summed E-state index contributed by atoms with van der Waals surface area (Å²) in [5.41, 5.74) is -0.725. The highest BCUT2D eigenvalue weighted by atomic mass is 18.2. The monoisotopic (exact) mass is 267 g/mol. The van der Waals surface area contributed by atoms with Crippen LogP contribution in [0.1, 0.15) is 20.8 Å². The van der Waals surface area contributed by atoms with Crippen molar-refractivity contribution in [3.05, 3.63) is 30.1 Å². The van der Waals surface area contributed by atoms with Gasteiger partial charge in [-0.05, 0) is 45.0 Å². The minimum atomic E-state index is -1.10. The number of amides is 2. The third kappa shape index (κ3) is 6.25. The van der Waals surface area contributed by atoms with E-state index in [-0.39, 0.29) is 5.75 Å². The minimum Gasteiger partial charge on any atom is -0.441 e. The second kappa shape index (κ2) is 6.03. The molecule has 1 aromatic rings. The molecule has 0 fully saturated rings. The molecule has 0 saturated heterocycles. The molecule has 0 aliphatic carbocycles. The van der Waals surface area contributed by atoms with Crippen LogP contribution in [-0.4, -0.2) is 17.8 Å². The van der Waals surface area contributed by atoms with E-state index in [0.717, 1.165) is 12.1 Å². The molecule has 1 aromatic carbocycles. The van der Waals surface area contributed by atoms with E-state index in [1.165, 1.54) is 12.1 Å². The van der Waals surface area contributed by atoms with Crippen LogP contribution in [0.4, 0.5) is 14.0 Å². The Bertz CT molecular complexity index is 491. The smallest absolute Gasteiger partial charge is 0.441 e. The Hall–Kier alpha value is -2.31. The molecule has 19 heavy (non-hydrogen) atoms. The SMILES string of the molecule is CC(C)(C)OC(=O)N=NC(=O)Oc1ccc([18F])cc1. The number of halogens is 1. The van der Waals surface area contributed by atoms with Crippen LogP contribution in [-0.2, 0) is 4.74 Å². The van der Waals surface area contributed by atoms with E-state index in [0.29, 0.717) is 0 Å². The first-order chi connectivity index (χ1) is 8.76. The molecule has 0 unspecified atom stereocenters. The summed E-state index contributed by atoms with van der Waals surface area (Å²) in [5, 5.41) is 6.06. The average Bonchev–Trinajstić information content (AvgIpc) is 2.27. The summed E-state index contributed by atoms with van der Waals surface area (Å²) in [6, 6.07) is 4.73. The Balaban J connectivity index is 2.51. The zero-order valence-corrected chi connectivity index (χ0v) is 10.7. The molecule has 0 aromatic heterocycles. The number of benzene rings is 1. The van der Waals surface area contributed by atoms with Gasteiger partial charge < -0.3 is 9.47 Å². The van der Waals surface area contributed by atoms with Crippen molar-refractivity contribution in [2.24, 2.45) is 10.2 Å². The molecule has 0 radical (unpaired) electrons. The van der Waals surface area contributed by atoms with Gasteiger partial charge in [-0.25, -0.2) is 14.0 Å². The highest BCUT2D eigenvalue weighted by molar-refractivity contribution is 5.74. The molecule has 0 spiro atoms. The maximum atomic E-state index is 12.6. The predicted molar refractivity (Wildman–Crippen MR) is 63.5 cm³/mol. The van der Waals surface area contributed by atoms with Gasteiger partial charge in [-0.3, -0.25) is 0 Å². The van der Waals surface area contributed by atoms with Gasteiger partial charge in [0.2, 0.25) is 0 Å². The summed E-state index contributed by atoms with van der Waals surface area (Å²) in [5.74, 6) is -0.371. The largest absolute Gasteiger partial charge is 0.458 e. The lowest BCUT2D eigenvalue weighted by Crippen LogP contribution is -2.21. The van der Waals surface area contributed by atoms with Crippen LogP contribution in [0.2, 0.25) is 0 Å². The van der Waals surface area contributed by atoms with E-state index in [2.05, 4.69) is 15.0 Å². The molecule has 102 valence electrons. The Morgan fingerprint density at radius 3 is 2.11 bits per heavy atom. The summed E-state index contributed by atoms with van der Waals surface area (Å²) in [6.07, 6.45) is -2.10. The summed E-state index contributed by atoms with van der Waals surface area (Å²) < 4.78 is 22.1. The van der Waals surface area contributed by atoms with E-state index in [1.54, 1.807) is 20.8 Å². The number of carbonyl (C=O) groups is 2. The number of hydrogen-bond acceptors (Lipinski definition) is 4. The Labute approximate surface area is 109 Å². The maximum absolute atomic E-state index is 12.6. The van der Waals surface area contributed by atoms with Crippen LogP contribution in [0, 0.1) is 5.82 Å². The van der Waals surface area contributed by atoms with E-state index in [1.807, 2.05) is 0 Å². The van der Waals surface area contributed by atoms with Crippen molar-refractivity contribution in [3.8, 4) is 5.75 Å². The zero-order valence-electron chi connectivity index (χ0n) is 10.7. The van der Waals surface area contributed by atoms with E-state index < -0.39 is 23.6 Å². The lowest BCUT2D eigenvalue weighted by atomic mass is 10.2. The van der Waals surface area contributed by atoms with Gasteiger partial charge in [0.15, 0.2) is 0 Å². The third-order valence-corrected chi connectivity index (χ3v) is 1.63. The summed E-state index contributed by atoms with van der Waals surface area (Å²) >= 11 is 0. The van der Waals surface area contributed by atoms with Gasteiger partial charge in [0.05, 0.1) is 0 Å². The van der Waals surface area contributed by atoms with Crippen molar-refractivity contribution in [2.75, 3.05) is 0 Å². The maximum Gasteiger partial charge on any atom is 0.458 e. The molecule has 0 N–H and O–H groups in total. The van der Waals surface area contributed by atoms with Crippen LogP contribution in [0.3, 0.4) is 0 Å². The summed E-state index contributed by atoms with van der Waals surface area (Å²) in [4.78, 5) is 22.3. The number of ether oxygens (including phenoxy) is 2. The highest BCUT2D eigenvalue weighted by Crippen LogP contribution is 2.12. The van der Waals surface area contributed by atoms with Crippen molar-refractivity contribution < 1.29 is 23.5 Å². The van der Waals surface area contributed by atoms with Crippen molar-refractivity contribution >= 4 is 12.2 Å². The van der Waals surface area contributed by atoms with Gasteiger partial charge in [-0.2, -0.15) is 0 Å². The van der Waals surface area contributed by atoms with Gasteiger partial charge in [0, 0.05) is 0 Å². The predicted octanol–water partition coefficient (Wildman–Crippen LogP) is 3.71. The number of nitrogens with zero attached hydrogens (tertiary/aromatic N) is 2. The van der Waals surface area contributed by atoms with Crippen LogP contribution < -0.4 is 4.74 Å². The van der Waals surface area contributed by atoms with Crippen LogP contribution >= 0.6 is 0 Å². The highest BCUT2D eigenvalue weighted by Gasteiger charge is 2.16. The molecule has 0 heterocycles. The topological polar surface area (TPSA) is 77.3 Å². The zero-order chi connectivity index (χ0) is 14.5. The minimum absolute atomic E-state index is 0.0922. The number of hydrogen-bond donors (Lipinski definition) is 0. The second-order valence-corrected chi connectivity index (χ2v) is 4.50. The van der Waals surface area contributed by atoms with Crippen LogP contribution in [0.25, 0.3) is 0 Å². The van der Waals surface area contributed by atoms with Crippen molar-refractivity contribution in [1.82, 2.24) is 0 Å². The number of azo groups is 1. The molecule has 0 bridgehead atoms. The fourth-order valence-electron chi connectivity index (χ4n) is 0.988. The van der Waals surface area contributed by atoms with E-state index in [4.69, 9.17) is 4.74 Å². The van der Waals surface area contributed by atoms with Gasteiger partial charge >= 0.3 is 12.2 Å². The molecule has 7 heteroatoms. The van der Waals surface area contributed by atoms with E-state index in [9.17, 15) is 14.0 Å². The third-order valence-electron chi connectivity index (χ3n) is 1.63. The molecule has 6 nitrogen and oxygen atoms in total. The Morgan fingerprint density at radius 1 is 1.05 bits per heavy atom. The summed E-state index contributed by atoms with van der Waals surface area (Å²) in [7, 11) is 0. The summed E-state index contributed by atoms with van der Waals surface area (Å²) in [6.45, 7) is 4.95. The van der Waals surface area contributed by atoms with Crippen LogP contribution in [0.15, 0.2) is 34.5 Å². The average molecular weight is 267 g/mol. The standard InChI is InChI=1S/C12H13FN2O4/c1-12(2,3)19-11(17)15-14-10(16)18-9-6-4-8(13)5-7-9/h4-7H,1-3H3/i13-1. The first kappa shape index (κ1) is 14.7. The molecular formula is C12H13FN2O4. The molecule has 0 aliphatic rings. The number of rotatable bonds is 1. The lowest BCUT2D eigenvalue weighted by Gasteiger charge is -2.16. The first-order valence-electron chi connectivity index (χ1n) is 5.38. The van der Waals surface area contributed by atoms with E-state index >= 15 is 0 Å². The first-order valence-corrected chi connectivity index (χ1v) is 5.38. The van der Waals surface area contributed by atoms with Crippen molar-refractivity contribution in [2.45, 2.75) is 26.4 Å². The van der Waals surface area contributed by atoms with Gasteiger partial charge in [0.1, 0.15) is 17.2 Å². The molecule has 1 rings (SSSR count). The molecule has 0 aliphatic heterocycles. The fourth-order valence-corrected chi connectivity index (χ4v) is 0.988. The molecule has 2 amide bonds. The van der Waals surface area contributed by atoms with Crippen molar-refractivity contribution in [3.63, 3.8) is 0 Å². The fraction of sp³-hybridized carbons (Fsp3) is 0.333. The Morgan fingerprint density at radius 2 is 1.58 bits per heavy atom. The normalized spacial score (nSPS) is 11.4. The van der Waals surface area contributed by atoms with Crippen molar-refractivity contribution in [1.29, 1.82) is 0 Å². The number of carbonyl (C=O) groups excluding carboxylic acids is 2. The molecular weight excluding hydrogens is 254 g/mol. The van der Waals surface area contributed by atoms with Gasteiger partial charge in [-0.15, -0.1) is 0 Å². The van der Waals surface area contributed by atoms with Crippen LogP contribution in [0.5, 0.6) is 5.75 Å². The van der Waals surface area contributed by atoms with Gasteiger partial charge in [0.25, 0.3) is 0 Å². The molecule has 0 saturated carbocycles.